The van der Waals surface area contributed by atoms with Crippen LogP contribution in [0.4, 0.5) is 0 Å². The van der Waals surface area contributed by atoms with Gasteiger partial charge >= 0.3 is 0 Å². The van der Waals surface area contributed by atoms with Gasteiger partial charge in [0.15, 0.2) is 0 Å². The number of amides is 1. The molecular weight excluding hydrogens is 258 g/mol. The molecule has 2 aromatic rings. The van der Waals surface area contributed by atoms with Crippen molar-refractivity contribution in [3.8, 4) is 5.75 Å². The lowest BCUT2D eigenvalue weighted by Crippen LogP contribution is -2.29. The number of ether oxygens (including phenoxy) is 1. The molecule has 2 N–H and O–H groups in total. The van der Waals surface area contributed by atoms with Crippen LogP contribution in [0.2, 0.25) is 0 Å². The third-order valence-electron chi connectivity index (χ3n) is 2.89. The predicted octanol–water partition coefficient (Wildman–Crippen LogP) is 1.68. The van der Waals surface area contributed by atoms with Crippen molar-refractivity contribution < 1.29 is 19.1 Å². The van der Waals surface area contributed by atoms with Gasteiger partial charge in [-0.3, -0.25) is 4.79 Å². The van der Waals surface area contributed by atoms with E-state index in [1.165, 1.54) is 6.26 Å². The first-order chi connectivity index (χ1) is 9.69. The molecule has 0 spiro atoms. The first kappa shape index (κ1) is 14.1. The van der Waals surface area contributed by atoms with Crippen molar-refractivity contribution in [1.29, 1.82) is 0 Å². The molecule has 1 heterocycles. The molecule has 20 heavy (non-hydrogen) atoms. The summed E-state index contributed by atoms with van der Waals surface area (Å²) in [6.45, 7) is 0.127. The van der Waals surface area contributed by atoms with Crippen LogP contribution < -0.4 is 10.1 Å². The van der Waals surface area contributed by atoms with Crippen molar-refractivity contribution >= 4 is 5.91 Å². The zero-order valence-electron chi connectivity index (χ0n) is 11.2. The lowest BCUT2D eigenvalue weighted by Gasteiger charge is -2.09. The van der Waals surface area contributed by atoms with Gasteiger partial charge in [0.25, 0.3) is 0 Å². The Labute approximate surface area is 117 Å². The Morgan fingerprint density at radius 2 is 2.10 bits per heavy atom. The van der Waals surface area contributed by atoms with Gasteiger partial charge in [-0.15, -0.1) is 0 Å². The maximum atomic E-state index is 11.8. The number of hydrogen-bond acceptors (Lipinski definition) is 4. The van der Waals surface area contributed by atoms with Gasteiger partial charge < -0.3 is 19.6 Å². The van der Waals surface area contributed by atoms with Crippen LogP contribution in [-0.2, 0) is 11.2 Å². The van der Waals surface area contributed by atoms with E-state index in [-0.39, 0.29) is 18.9 Å². The second-order valence-electron chi connectivity index (χ2n) is 4.36. The van der Waals surface area contributed by atoms with Crippen LogP contribution in [-0.4, -0.2) is 24.7 Å². The molecule has 5 heteroatoms. The molecule has 0 aliphatic carbocycles. The molecule has 2 rings (SSSR count). The Morgan fingerprint density at radius 1 is 1.35 bits per heavy atom. The Hall–Kier alpha value is -2.27. The minimum Gasteiger partial charge on any atom is -0.497 e. The second-order valence-corrected chi connectivity index (χ2v) is 4.36. The molecule has 0 bridgehead atoms. The van der Waals surface area contributed by atoms with Crippen LogP contribution in [0, 0.1) is 0 Å². The van der Waals surface area contributed by atoms with E-state index >= 15 is 0 Å². The Bertz CT molecular complexity index is 534. The lowest BCUT2D eigenvalue weighted by atomic mass is 10.1. The van der Waals surface area contributed by atoms with Gasteiger partial charge in [0, 0.05) is 0 Å². The summed E-state index contributed by atoms with van der Waals surface area (Å²) < 4.78 is 10.1. The molecule has 1 unspecified atom stereocenters. The highest BCUT2D eigenvalue weighted by atomic mass is 16.5. The number of methoxy groups -OCH3 is 1. The van der Waals surface area contributed by atoms with E-state index in [1.54, 1.807) is 31.4 Å². The minimum atomic E-state index is -0.829. The Balaban J connectivity index is 1.80. The van der Waals surface area contributed by atoms with Crippen molar-refractivity contribution in [2.45, 2.75) is 12.5 Å². The molecule has 1 amide bonds. The number of aliphatic hydroxyl groups is 1. The summed E-state index contributed by atoms with van der Waals surface area (Å²) in [6, 6.07) is 10.6. The molecule has 1 aromatic carbocycles. The van der Waals surface area contributed by atoms with Gasteiger partial charge in [-0.1, -0.05) is 12.1 Å². The first-order valence-electron chi connectivity index (χ1n) is 6.30. The number of carbonyl (C=O) groups excluding carboxylic acids is 1. The highest BCUT2D eigenvalue weighted by Gasteiger charge is 2.12. The maximum absolute atomic E-state index is 11.8. The van der Waals surface area contributed by atoms with Crippen molar-refractivity contribution in [3.63, 3.8) is 0 Å². The predicted molar refractivity (Wildman–Crippen MR) is 73.4 cm³/mol. The fourth-order valence-corrected chi connectivity index (χ4v) is 1.78. The zero-order valence-corrected chi connectivity index (χ0v) is 11.2. The van der Waals surface area contributed by atoms with Gasteiger partial charge in [0.2, 0.25) is 5.91 Å². The van der Waals surface area contributed by atoms with Crippen molar-refractivity contribution in [1.82, 2.24) is 5.32 Å². The van der Waals surface area contributed by atoms with Crippen molar-refractivity contribution in [2.75, 3.05) is 13.7 Å². The number of benzene rings is 1. The van der Waals surface area contributed by atoms with Crippen molar-refractivity contribution in [2.24, 2.45) is 0 Å². The van der Waals surface area contributed by atoms with Crippen LogP contribution >= 0.6 is 0 Å². The quantitative estimate of drug-likeness (QED) is 0.841. The summed E-state index contributed by atoms with van der Waals surface area (Å²) in [6.07, 6.45) is 0.914. The summed E-state index contributed by atoms with van der Waals surface area (Å²) in [5.74, 6) is 1.04. The number of rotatable bonds is 6. The molecule has 0 aliphatic heterocycles. The maximum Gasteiger partial charge on any atom is 0.224 e. The molecule has 0 radical (unpaired) electrons. The number of furan rings is 1. The topological polar surface area (TPSA) is 71.7 Å². The van der Waals surface area contributed by atoms with Crippen LogP contribution in [0.5, 0.6) is 5.75 Å². The fraction of sp³-hybridized carbons (Fsp3) is 0.267. The Kier molecular flexibility index (Phi) is 4.79. The van der Waals surface area contributed by atoms with Gasteiger partial charge in [-0.25, -0.2) is 0 Å². The van der Waals surface area contributed by atoms with Gasteiger partial charge in [0.05, 0.1) is 26.3 Å². The standard InChI is InChI=1S/C15H17NO4/c1-19-12-6-4-11(5-7-12)9-15(18)16-10-13(17)14-3-2-8-20-14/h2-8,13,17H,9-10H2,1H3,(H,16,18). The van der Waals surface area contributed by atoms with Crippen LogP contribution in [0.1, 0.15) is 17.4 Å². The number of nitrogens with one attached hydrogen (secondary N) is 1. The molecule has 0 fully saturated rings. The molecule has 0 saturated heterocycles. The number of carbonyl (C=O) groups is 1. The molecule has 1 atom stereocenters. The fourth-order valence-electron chi connectivity index (χ4n) is 1.78. The highest BCUT2D eigenvalue weighted by Crippen LogP contribution is 2.13. The van der Waals surface area contributed by atoms with E-state index in [1.807, 2.05) is 12.1 Å². The Morgan fingerprint density at radius 3 is 2.70 bits per heavy atom. The number of hydrogen-bond donors (Lipinski definition) is 2. The monoisotopic (exact) mass is 275 g/mol. The third kappa shape index (κ3) is 3.86. The summed E-state index contributed by atoms with van der Waals surface area (Å²) >= 11 is 0. The van der Waals surface area contributed by atoms with Crippen molar-refractivity contribution in [3.05, 3.63) is 54.0 Å². The molecule has 5 nitrogen and oxygen atoms in total. The summed E-state index contributed by atoms with van der Waals surface area (Å²) in [5.41, 5.74) is 0.885. The summed E-state index contributed by atoms with van der Waals surface area (Å²) in [4.78, 5) is 11.8. The first-order valence-corrected chi connectivity index (χ1v) is 6.30. The largest absolute Gasteiger partial charge is 0.497 e. The second kappa shape index (κ2) is 6.77. The molecule has 0 saturated carbocycles. The average molecular weight is 275 g/mol. The SMILES string of the molecule is COc1ccc(CC(=O)NCC(O)c2ccco2)cc1. The van der Waals surface area contributed by atoms with Crippen LogP contribution in [0.25, 0.3) is 0 Å². The molecule has 1 aromatic heterocycles. The van der Waals surface area contributed by atoms with Gasteiger partial charge in [0.1, 0.15) is 17.6 Å². The highest BCUT2D eigenvalue weighted by molar-refractivity contribution is 5.78. The van der Waals surface area contributed by atoms with E-state index in [2.05, 4.69) is 5.32 Å². The van der Waals surface area contributed by atoms with Gasteiger partial charge in [-0.2, -0.15) is 0 Å². The van der Waals surface area contributed by atoms with E-state index < -0.39 is 6.10 Å². The lowest BCUT2D eigenvalue weighted by molar-refractivity contribution is -0.120. The van der Waals surface area contributed by atoms with E-state index in [9.17, 15) is 9.90 Å². The number of aliphatic hydroxyl groups excluding tert-OH is 1. The average Bonchev–Trinajstić information content (AvgIpc) is 3.00. The molecule has 0 aliphatic rings. The smallest absolute Gasteiger partial charge is 0.224 e. The van der Waals surface area contributed by atoms with E-state index in [4.69, 9.17) is 9.15 Å². The normalized spacial score (nSPS) is 11.9. The third-order valence-corrected chi connectivity index (χ3v) is 2.89. The zero-order chi connectivity index (χ0) is 14.4. The molecule has 106 valence electrons. The molecular formula is C15H17NO4. The van der Waals surface area contributed by atoms with E-state index in [0.29, 0.717) is 5.76 Å². The van der Waals surface area contributed by atoms with Crippen LogP contribution in [0.3, 0.4) is 0 Å². The summed E-state index contributed by atoms with van der Waals surface area (Å²) in [5, 5.41) is 12.4. The minimum absolute atomic E-state index is 0.127. The summed E-state index contributed by atoms with van der Waals surface area (Å²) in [7, 11) is 1.59. The van der Waals surface area contributed by atoms with E-state index in [0.717, 1.165) is 11.3 Å². The van der Waals surface area contributed by atoms with Crippen LogP contribution in [0.15, 0.2) is 47.1 Å². The van der Waals surface area contributed by atoms with Gasteiger partial charge in [-0.05, 0) is 29.8 Å².